The summed E-state index contributed by atoms with van der Waals surface area (Å²) in [4.78, 5) is 18.7. The number of aliphatic carboxylic acids is 1. The molecule has 2 aliphatic heterocycles. The van der Waals surface area contributed by atoms with Crippen molar-refractivity contribution in [3.05, 3.63) is 17.2 Å². The zero-order valence-electron chi connectivity index (χ0n) is 15.0. The molecule has 0 spiro atoms. The highest BCUT2D eigenvalue weighted by molar-refractivity contribution is 5.71. The van der Waals surface area contributed by atoms with Crippen molar-refractivity contribution >= 4 is 17.6 Å². The number of aliphatic hydroxyl groups is 1. The molecule has 2 N–H and O–H groups in total. The highest BCUT2D eigenvalue weighted by atomic mass is 19.4. The number of carboxylic acids is 1. The smallest absolute Gasteiger partial charge is 0.417 e. The van der Waals surface area contributed by atoms with Crippen LogP contribution in [0.5, 0.6) is 0 Å². The number of β-amino-alcohol motifs (C(OH)–C–C–N with tert-alkyl or cyclic N) is 1. The zero-order chi connectivity index (χ0) is 20.4. The summed E-state index contributed by atoms with van der Waals surface area (Å²) in [5, 5.41) is 27.9. The topological polar surface area (TPSA) is 101 Å². The van der Waals surface area contributed by atoms with Gasteiger partial charge in [-0.1, -0.05) is 6.92 Å². The van der Waals surface area contributed by atoms with Gasteiger partial charge in [0.15, 0.2) is 0 Å². The fourth-order valence-corrected chi connectivity index (χ4v) is 4.54. The Morgan fingerprint density at radius 2 is 1.89 bits per heavy atom. The van der Waals surface area contributed by atoms with Gasteiger partial charge < -0.3 is 20.0 Å². The first-order valence-electron chi connectivity index (χ1n) is 9.05. The molecule has 28 heavy (non-hydrogen) atoms. The lowest BCUT2D eigenvalue weighted by atomic mass is 10.0. The normalized spacial score (nSPS) is 27.8. The largest absolute Gasteiger partial charge is 0.481 e. The van der Waals surface area contributed by atoms with Gasteiger partial charge in [-0.2, -0.15) is 18.4 Å². The van der Waals surface area contributed by atoms with Crippen LogP contribution in [0.15, 0.2) is 6.07 Å². The Morgan fingerprint density at radius 3 is 2.36 bits per heavy atom. The molecule has 7 nitrogen and oxygen atoms in total. The van der Waals surface area contributed by atoms with E-state index in [1.807, 2.05) is 0 Å². The van der Waals surface area contributed by atoms with E-state index < -0.39 is 35.3 Å². The first-order valence-corrected chi connectivity index (χ1v) is 9.05. The van der Waals surface area contributed by atoms with Crippen LogP contribution >= 0.6 is 0 Å². The number of rotatable bonds is 4. The number of nitriles is 1. The third-order valence-electron chi connectivity index (χ3n) is 6.12. The predicted octanol–water partition coefficient (Wildman–Crippen LogP) is 1.56. The predicted molar refractivity (Wildman–Crippen MR) is 91.7 cm³/mol. The molecule has 150 valence electrons. The summed E-state index contributed by atoms with van der Waals surface area (Å²) >= 11 is 0. The van der Waals surface area contributed by atoms with Crippen molar-refractivity contribution < 1.29 is 28.2 Å². The van der Waals surface area contributed by atoms with Gasteiger partial charge in [0, 0.05) is 26.2 Å². The number of anilines is 2. The van der Waals surface area contributed by atoms with Gasteiger partial charge in [-0.3, -0.25) is 4.79 Å². The SMILES string of the molecule is C[C@H](C(=O)O)[C@@H]1C2CN(c3cc(C(F)(F)F)c(C#N)c(N4CC(O)C4)n3)C[C@H]21. The fourth-order valence-electron chi connectivity index (χ4n) is 4.54. The quantitative estimate of drug-likeness (QED) is 0.797. The monoisotopic (exact) mass is 396 g/mol. The molecule has 0 bridgehead atoms. The Bertz CT molecular complexity index is 851. The number of pyridine rings is 1. The highest BCUT2D eigenvalue weighted by Crippen LogP contribution is 2.56. The van der Waals surface area contributed by atoms with E-state index in [0.29, 0.717) is 13.1 Å². The lowest BCUT2D eigenvalue weighted by Gasteiger charge is -2.38. The third-order valence-corrected chi connectivity index (χ3v) is 6.12. The van der Waals surface area contributed by atoms with Crippen molar-refractivity contribution in [2.24, 2.45) is 23.7 Å². The van der Waals surface area contributed by atoms with Gasteiger partial charge in [-0.05, 0) is 23.8 Å². The van der Waals surface area contributed by atoms with E-state index in [4.69, 9.17) is 5.11 Å². The van der Waals surface area contributed by atoms with Crippen LogP contribution in [0.25, 0.3) is 0 Å². The molecule has 1 aliphatic carbocycles. The number of aliphatic hydroxyl groups excluding tert-OH is 1. The van der Waals surface area contributed by atoms with Gasteiger partial charge in [-0.25, -0.2) is 4.98 Å². The Labute approximate surface area is 159 Å². The number of halogens is 3. The maximum absolute atomic E-state index is 13.6. The van der Waals surface area contributed by atoms with E-state index in [1.54, 1.807) is 17.9 Å². The van der Waals surface area contributed by atoms with Gasteiger partial charge in [-0.15, -0.1) is 0 Å². The average molecular weight is 396 g/mol. The molecule has 1 saturated carbocycles. The van der Waals surface area contributed by atoms with Gasteiger partial charge in [0.05, 0.1) is 17.6 Å². The number of carboxylic acid groups (broad SMARTS) is 1. The maximum atomic E-state index is 13.6. The van der Waals surface area contributed by atoms with Crippen LogP contribution in [-0.2, 0) is 11.0 Å². The Morgan fingerprint density at radius 1 is 1.29 bits per heavy atom. The molecular formula is C18H19F3N4O3. The lowest BCUT2D eigenvalue weighted by Crippen LogP contribution is -2.51. The molecular weight excluding hydrogens is 377 g/mol. The number of aromatic nitrogens is 1. The molecule has 0 amide bonds. The number of carbonyl (C=O) groups is 1. The molecule has 1 aromatic rings. The van der Waals surface area contributed by atoms with Crippen LogP contribution in [0.1, 0.15) is 18.1 Å². The number of alkyl halides is 3. The highest BCUT2D eigenvalue weighted by Gasteiger charge is 2.59. The summed E-state index contributed by atoms with van der Waals surface area (Å²) in [5.74, 6) is -0.959. The molecule has 3 heterocycles. The van der Waals surface area contributed by atoms with Crippen molar-refractivity contribution in [3.63, 3.8) is 0 Å². The Kier molecular flexibility index (Phi) is 4.19. The van der Waals surface area contributed by atoms with Gasteiger partial charge in [0.2, 0.25) is 0 Å². The summed E-state index contributed by atoms with van der Waals surface area (Å²) in [7, 11) is 0. The summed E-state index contributed by atoms with van der Waals surface area (Å²) in [6, 6.07) is 2.52. The van der Waals surface area contributed by atoms with E-state index in [0.717, 1.165) is 6.07 Å². The molecule has 10 heteroatoms. The minimum absolute atomic E-state index is 0.0409. The van der Waals surface area contributed by atoms with Crippen molar-refractivity contribution in [1.82, 2.24) is 4.98 Å². The van der Waals surface area contributed by atoms with E-state index in [1.165, 1.54) is 4.90 Å². The van der Waals surface area contributed by atoms with Crippen LogP contribution in [0, 0.1) is 35.0 Å². The molecule has 0 radical (unpaired) electrons. The number of nitrogens with zero attached hydrogens (tertiary/aromatic N) is 4. The van der Waals surface area contributed by atoms with Crippen LogP contribution in [-0.4, -0.2) is 53.4 Å². The standard InChI is InChI=1S/C18H19F3N4O3/c1-8(17(27)28)15-11-6-24(7-12(11)15)14-2-13(18(19,20)21)10(3-22)16(23-14)25-4-9(26)5-25/h2,8-9,11-12,15,26H,4-7H2,1H3,(H,27,28)/t8-,11+,12?,15-/m0/s1. The summed E-state index contributed by atoms with van der Waals surface area (Å²) in [5.41, 5.74) is -1.57. The second-order valence-corrected chi connectivity index (χ2v) is 7.83. The van der Waals surface area contributed by atoms with E-state index in [-0.39, 0.29) is 42.5 Å². The van der Waals surface area contributed by atoms with Crippen LogP contribution in [0.4, 0.5) is 24.8 Å². The van der Waals surface area contributed by atoms with E-state index >= 15 is 0 Å². The first kappa shape index (κ1) is 18.8. The molecule has 1 unspecified atom stereocenters. The molecule has 1 aromatic heterocycles. The van der Waals surface area contributed by atoms with Gasteiger partial charge in [0.25, 0.3) is 0 Å². The van der Waals surface area contributed by atoms with Crippen molar-refractivity contribution in [3.8, 4) is 6.07 Å². The lowest BCUT2D eigenvalue weighted by molar-refractivity contribution is -0.142. The van der Waals surface area contributed by atoms with Crippen molar-refractivity contribution in [2.45, 2.75) is 19.2 Å². The molecule has 4 atom stereocenters. The third kappa shape index (κ3) is 2.94. The summed E-state index contributed by atoms with van der Waals surface area (Å²) in [6.45, 7) is 2.82. The second kappa shape index (κ2) is 6.24. The average Bonchev–Trinajstić information content (AvgIpc) is 3.09. The Hall–Kier alpha value is -2.54. The first-order chi connectivity index (χ1) is 13.1. The number of fused-ring (bicyclic) bond motifs is 1. The van der Waals surface area contributed by atoms with E-state index in [2.05, 4.69) is 4.98 Å². The summed E-state index contributed by atoms with van der Waals surface area (Å²) in [6.07, 6.45) is -5.35. The Balaban J connectivity index is 1.63. The molecule has 3 aliphatic rings. The van der Waals surface area contributed by atoms with Gasteiger partial charge in [0.1, 0.15) is 23.3 Å². The maximum Gasteiger partial charge on any atom is 0.417 e. The van der Waals surface area contributed by atoms with E-state index in [9.17, 15) is 28.3 Å². The minimum atomic E-state index is -4.70. The zero-order valence-corrected chi connectivity index (χ0v) is 15.0. The van der Waals surface area contributed by atoms with Crippen molar-refractivity contribution in [1.29, 1.82) is 5.26 Å². The molecule has 3 fully saturated rings. The molecule has 0 aromatic carbocycles. The minimum Gasteiger partial charge on any atom is -0.481 e. The van der Waals surface area contributed by atoms with Crippen LogP contribution in [0.2, 0.25) is 0 Å². The summed E-state index contributed by atoms with van der Waals surface area (Å²) < 4.78 is 40.7. The van der Waals surface area contributed by atoms with Gasteiger partial charge >= 0.3 is 12.1 Å². The van der Waals surface area contributed by atoms with Crippen molar-refractivity contribution in [2.75, 3.05) is 36.0 Å². The number of hydrogen-bond donors (Lipinski definition) is 2. The molecule has 4 rings (SSSR count). The fraction of sp³-hybridized carbons (Fsp3) is 0.611. The van der Waals surface area contributed by atoms with Crippen LogP contribution < -0.4 is 9.80 Å². The number of hydrogen-bond acceptors (Lipinski definition) is 6. The molecule has 2 saturated heterocycles. The van der Waals surface area contributed by atoms with Crippen LogP contribution in [0.3, 0.4) is 0 Å². The number of piperidine rings is 1. The second-order valence-electron chi connectivity index (χ2n) is 7.83.